The number of carbonyl (C=O) groups excluding carboxylic acids is 1. The van der Waals surface area contributed by atoms with Gasteiger partial charge in [-0.05, 0) is 61.3 Å². The highest BCUT2D eigenvalue weighted by Gasteiger charge is 2.24. The fraction of sp³-hybridized carbons (Fsp3) is 0.364. The highest BCUT2D eigenvalue weighted by molar-refractivity contribution is 9.10. The molecular formula is C22H27BrN4O. The van der Waals surface area contributed by atoms with Gasteiger partial charge in [0.1, 0.15) is 0 Å². The Morgan fingerprint density at radius 2 is 1.79 bits per heavy atom. The number of nitrogens with one attached hydrogen (secondary N) is 1. The van der Waals surface area contributed by atoms with Crippen molar-refractivity contribution in [2.45, 2.75) is 19.4 Å². The van der Waals surface area contributed by atoms with E-state index < -0.39 is 0 Å². The van der Waals surface area contributed by atoms with Crippen LogP contribution in [0.3, 0.4) is 0 Å². The van der Waals surface area contributed by atoms with Crippen LogP contribution in [0.1, 0.15) is 24.0 Å². The van der Waals surface area contributed by atoms with Crippen molar-refractivity contribution in [2.24, 2.45) is 11.0 Å². The zero-order valence-electron chi connectivity index (χ0n) is 16.4. The predicted molar refractivity (Wildman–Crippen MR) is 119 cm³/mol. The van der Waals surface area contributed by atoms with Crippen LogP contribution in [0.5, 0.6) is 0 Å². The lowest BCUT2D eigenvalue weighted by Gasteiger charge is -2.30. The first-order chi connectivity index (χ1) is 13.5. The number of likely N-dealkylation sites (tertiary alicyclic amines) is 1. The minimum Gasteiger partial charge on any atom is -0.378 e. The molecule has 28 heavy (non-hydrogen) atoms. The summed E-state index contributed by atoms with van der Waals surface area (Å²) in [4.78, 5) is 16.8. The van der Waals surface area contributed by atoms with Crippen molar-refractivity contribution in [1.29, 1.82) is 0 Å². The van der Waals surface area contributed by atoms with E-state index >= 15 is 0 Å². The summed E-state index contributed by atoms with van der Waals surface area (Å²) in [6.07, 6.45) is 3.44. The zero-order valence-corrected chi connectivity index (χ0v) is 18.0. The van der Waals surface area contributed by atoms with Crippen LogP contribution in [-0.4, -0.2) is 44.2 Å². The summed E-state index contributed by atoms with van der Waals surface area (Å²) in [6, 6.07) is 16.5. The molecule has 0 unspecified atom stereocenters. The van der Waals surface area contributed by atoms with Crippen LogP contribution in [-0.2, 0) is 11.3 Å². The van der Waals surface area contributed by atoms with Gasteiger partial charge in [0.2, 0.25) is 5.91 Å². The molecule has 148 valence electrons. The van der Waals surface area contributed by atoms with Gasteiger partial charge in [0.25, 0.3) is 0 Å². The van der Waals surface area contributed by atoms with Crippen molar-refractivity contribution >= 4 is 33.7 Å². The number of hydrazone groups is 1. The molecule has 3 rings (SSSR count). The summed E-state index contributed by atoms with van der Waals surface area (Å²) < 4.78 is 1.10. The van der Waals surface area contributed by atoms with E-state index in [9.17, 15) is 4.79 Å². The molecule has 0 aromatic heterocycles. The molecule has 1 amide bonds. The molecule has 6 heteroatoms. The van der Waals surface area contributed by atoms with Gasteiger partial charge in [0, 0.05) is 36.7 Å². The largest absolute Gasteiger partial charge is 0.378 e. The molecule has 1 fully saturated rings. The van der Waals surface area contributed by atoms with Crippen molar-refractivity contribution in [3.05, 3.63) is 64.1 Å². The van der Waals surface area contributed by atoms with E-state index in [4.69, 9.17) is 0 Å². The molecule has 1 N–H and O–H groups in total. The van der Waals surface area contributed by atoms with Crippen LogP contribution in [0.4, 0.5) is 5.69 Å². The van der Waals surface area contributed by atoms with E-state index in [1.165, 1.54) is 5.56 Å². The van der Waals surface area contributed by atoms with Gasteiger partial charge < -0.3 is 4.90 Å². The summed E-state index contributed by atoms with van der Waals surface area (Å²) in [5.74, 6) is 0.0545. The van der Waals surface area contributed by atoms with Gasteiger partial charge >= 0.3 is 0 Å². The molecular weight excluding hydrogens is 416 g/mol. The lowest BCUT2D eigenvalue weighted by molar-refractivity contribution is -0.126. The van der Waals surface area contributed by atoms with Crippen LogP contribution < -0.4 is 10.3 Å². The summed E-state index contributed by atoms with van der Waals surface area (Å²) in [7, 11) is 4.01. The van der Waals surface area contributed by atoms with Gasteiger partial charge in [-0.1, -0.05) is 40.2 Å². The second-order valence-electron chi connectivity index (χ2n) is 7.40. The van der Waals surface area contributed by atoms with Crippen molar-refractivity contribution in [1.82, 2.24) is 10.3 Å². The zero-order chi connectivity index (χ0) is 19.9. The highest BCUT2D eigenvalue weighted by Crippen LogP contribution is 2.20. The standard InChI is InChI=1S/C22H27BrN4O/c1-26(2)21-9-5-17(6-10-21)15-24-25-22(28)19-11-13-27(14-12-19)16-18-3-7-20(23)8-4-18/h3-10,15,19H,11-14,16H2,1-2H3,(H,25,28)/b24-15-. The van der Waals surface area contributed by atoms with E-state index in [-0.39, 0.29) is 11.8 Å². The highest BCUT2D eigenvalue weighted by atomic mass is 79.9. The average Bonchev–Trinajstić information content (AvgIpc) is 2.70. The SMILES string of the molecule is CN(C)c1ccc(/C=N\NC(=O)C2CCN(Cc3ccc(Br)cc3)CC2)cc1. The quantitative estimate of drug-likeness (QED) is 0.545. The van der Waals surface area contributed by atoms with Gasteiger partial charge in [-0.3, -0.25) is 9.69 Å². The predicted octanol–water partition coefficient (Wildman–Crippen LogP) is 3.88. The van der Waals surface area contributed by atoms with Gasteiger partial charge in [-0.25, -0.2) is 5.43 Å². The normalized spacial score (nSPS) is 15.7. The molecule has 0 radical (unpaired) electrons. The molecule has 5 nitrogen and oxygen atoms in total. The molecule has 2 aromatic carbocycles. The Bertz CT molecular complexity index is 794. The van der Waals surface area contributed by atoms with E-state index in [1.54, 1.807) is 6.21 Å². The maximum atomic E-state index is 12.4. The topological polar surface area (TPSA) is 47.9 Å². The second kappa shape index (κ2) is 9.85. The number of hydrogen-bond acceptors (Lipinski definition) is 4. The third kappa shape index (κ3) is 5.91. The van der Waals surface area contributed by atoms with Gasteiger partial charge in [-0.2, -0.15) is 5.10 Å². The lowest BCUT2D eigenvalue weighted by Crippen LogP contribution is -2.39. The third-order valence-corrected chi connectivity index (χ3v) is 5.60. The monoisotopic (exact) mass is 442 g/mol. The summed E-state index contributed by atoms with van der Waals surface area (Å²) >= 11 is 3.47. The number of piperidine rings is 1. The van der Waals surface area contributed by atoms with Crippen LogP contribution in [0.15, 0.2) is 58.1 Å². The smallest absolute Gasteiger partial charge is 0.243 e. The van der Waals surface area contributed by atoms with Crippen LogP contribution in [0.2, 0.25) is 0 Å². The second-order valence-corrected chi connectivity index (χ2v) is 8.31. The number of anilines is 1. The average molecular weight is 443 g/mol. The summed E-state index contributed by atoms with van der Waals surface area (Å²) in [6.45, 7) is 2.80. The van der Waals surface area contributed by atoms with Gasteiger partial charge in [-0.15, -0.1) is 0 Å². The van der Waals surface area contributed by atoms with Crippen molar-refractivity contribution in [2.75, 3.05) is 32.1 Å². The maximum Gasteiger partial charge on any atom is 0.243 e. The van der Waals surface area contributed by atoms with Crippen LogP contribution in [0.25, 0.3) is 0 Å². The van der Waals surface area contributed by atoms with E-state index in [0.29, 0.717) is 0 Å². The molecule has 1 saturated heterocycles. The van der Waals surface area contributed by atoms with E-state index in [1.807, 2.05) is 43.3 Å². The lowest BCUT2D eigenvalue weighted by atomic mass is 9.96. The minimum atomic E-state index is 0.0180. The fourth-order valence-corrected chi connectivity index (χ4v) is 3.59. The molecule has 1 aliphatic rings. The number of carbonyl (C=O) groups is 1. The van der Waals surface area contributed by atoms with Crippen molar-refractivity contribution in [3.63, 3.8) is 0 Å². The van der Waals surface area contributed by atoms with E-state index in [0.717, 1.165) is 48.2 Å². The van der Waals surface area contributed by atoms with Crippen LogP contribution in [0, 0.1) is 5.92 Å². The number of rotatable bonds is 6. The molecule has 0 aliphatic carbocycles. The molecule has 0 atom stereocenters. The molecule has 1 aliphatic heterocycles. The fourth-order valence-electron chi connectivity index (χ4n) is 3.32. The van der Waals surface area contributed by atoms with Gasteiger partial charge in [0.05, 0.1) is 6.21 Å². The number of nitrogens with zero attached hydrogens (tertiary/aromatic N) is 3. The Hall–Kier alpha value is -2.18. The summed E-state index contributed by atoms with van der Waals surface area (Å²) in [5, 5.41) is 4.13. The Morgan fingerprint density at radius 1 is 1.14 bits per heavy atom. The molecule has 0 bridgehead atoms. The maximum absolute atomic E-state index is 12.4. The molecule has 0 spiro atoms. The minimum absolute atomic E-state index is 0.0180. The number of hydrogen-bond donors (Lipinski definition) is 1. The van der Waals surface area contributed by atoms with Gasteiger partial charge in [0.15, 0.2) is 0 Å². The third-order valence-electron chi connectivity index (χ3n) is 5.08. The van der Waals surface area contributed by atoms with Crippen molar-refractivity contribution in [3.8, 4) is 0 Å². The van der Waals surface area contributed by atoms with Crippen LogP contribution >= 0.6 is 15.9 Å². The number of halogens is 1. The first-order valence-electron chi connectivity index (χ1n) is 9.58. The van der Waals surface area contributed by atoms with Crippen molar-refractivity contribution < 1.29 is 4.79 Å². The Kier molecular flexibility index (Phi) is 7.23. The molecule has 0 saturated carbocycles. The Balaban J connectivity index is 1.42. The molecule has 1 heterocycles. The number of benzene rings is 2. The van der Waals surface area contributed by atoms with E-state index in [2.05, 4.69) is 55.6 Å². The first-order valence-corrected chi connectivity index (χ1v) is 10.4. The first kappa shape index (κ1) is 20.6. The Labute approximate surface area is 175 Å². The number of amides is 1. The summed E-state index contributed by atoms with van der Waals surface area (Å²) in [5.41, 5.74) is 6.11. The Morgan fingerprint density at radius 3 is 2.39 bits per heavy atom. The molecule has 2 aromatic rings.